The van der Waals surface area contributed by atoms with Crippen LogP contribution in [0.3, 0.4) is 0 Å². The summed E-state index contributed by atoms with van der Waals surface area (Å²) in [4.78, 5) is 26.7. The molecule has 1 fully saturated rings. The molecule has 5 aromatic rings. The quantitative estimate of drug-likeness (QED) is 0.213. The molecule has 3 aromatic carbocycles. The van der Waals surface area contributed by atoms with Crippen LogP contribution in [0.1, 0.15) is 27.0 Å². The summed E-state index contributed by atoms with van der Waals surface area (Å²) in [5, 5.41) is 12.6. The molecule has 9 nitrogen and oxygen atoms in total. The van der Waals surface area contributed by atoms with Crippen LogP contribution < -0.4 is 10.1 Å². The Morgan fingerprint density at radius 1 is 0.978 bits per heavy atom. The third kappa shape index (κ3) is 6.68. The molecule has 238 valence electrons. The van der Waals surface area contributed by atoms with Crippen LogP contribution in [0.5, 0.6) is 17.4 Å². The molecular weight excluding hydrogens is 597 g/mol. The fraction of sp³-hybridized carbons (Fsp3) is 0.265. The number of carbonyl (C=O) groups excluding carboxylic acids is 1. The van der Waals surface area contributed by atoms with Crippen LogP contribution in [-0.2, 0) is 19.8 Å². The number of amides is 1. The summed E-state index contributed by atoms with van der Waals surface area (Å²) in [5.41, 5.74) is 2.18. The molecule has 0 aliphatic carbocycles. The summed E-state index contributed by atoms with van der Waals surface area (Å²) in [6.07, 6.45) is -2.76. The Bertz CT molecular complexity index is 1910. The SMILES string of the molecule is Cc1ccc(C(=O)Nc2ccc(CN3CCN(C)CC3)c(C(F)(F)F)c2)cc1Oc1nc(-c2cccc(O)c2)nc2ccn(C)c12. The molecule has 1 amide bonds. The lowest BCUT2D eigenvalue weighted by molar-refractivity contribution is -0.138. The van der Waals surface area contributed by atoms with E-state index in [2.05, 4.69) is 20.2 Å². The topological polar surface area (TPSA) is 95.8 Å². The van der Waals surface area contributed by atoms with E-state index in [1.54, 1.807) is 36.4 Å². The number of phenolic OH excluding ortho intramolecular Hbond substituents is 1. The highest BCUT2D eigenvalue weighted by Crippen LogP contribution is 2.36. The largest absolute Gasteiger partial charge is 0.508 e. The second-order valence-corrected chi connectivity index (χ2v) is 11.5. The van der Waals surface area contributed by atoms with Gasteiger partial charge in [-0.3, -0.25) is 9.69 Å². The minimum Gasteiger partial charge on any atom is -0.508 e. The van der Waals surface area contributed by atoms with Crippen molar-refractivity contribution in [1.29, 1.82) is 0 Å². The Hall–Kier alpha value is -4.94. The molecule has 46 heavy (non-hydrogen) atoms. The molecule has 1 aliphatic heterocycles. The lowest BCUT2D eigenvalue weighted by atomic mass is 10.0. The number of anilines is 1. The van der Waals surface area contributed by atoms with Crippen LogP contribution in [0.4, 0.5) is 18.9 Å². The van der Waals surface area contributed by atoms with Crippen molar-refractivity contribution in [2.75, 3.05) is 38.5 Å². The number of alkyl halides is 3. The van der Waals surface area contributed by atoms with Crippen molar-refractivity contribution in [2.24, 2.45) is 7.05 Å². The average molecular weight is 631 g/mol. The van der Waals surface area contributed by atoms with E-state index in [-0.39, 0.29) is 35.0 Å². The Balaban J connectivity index is 1.26. The van der Waals surface area contributed by atoms with Gasteiger partial charge in [0.15, 0.2) is 5.82 Å². The average Bonchev–Trinajstić information content (AvgIpc) is 3.40. The Kier molecular flexibility index (Phi) is 8.41. The molecule has 6 rings (SSSR count). The van der Waals surface area contributed by atoms with Gasteiger partial charge in [0.1, 0.15) is 17.0 Å². The molecular formula is C34H33F3N6O3. The first-order valence-electron chi connectivity index (χ1n) is 14.8. The second kappa shape index (κ2) is 12.5. The van der Waals surface area contributed by atoms with Gasteiger partial charge in [-0.15, -0.1) is 0 Å². The molecule has 0 bridgehead atoms. The number of halogens is 3. The number of benzene rings is 3. The van der Waals surface area contributed by atoms with Crippen LogP contribution in [0.25, 0.3) is 22.4 Å². The van der Waals surface area contributed by atoms with E-state index < -0.39 is 17.6 Å². The van der Waals surface area contributed by atoms with E-state index in [1.165, 1.54) is 18.2 Å². The predicted molar refractivity (Wildman–Crippen MR) is 169 cm³/mol. The number of aromatic hydroxyl groups is 1. The van der Waals surface area contributed by atoms with Crippen molar-refractivity contribution < 1.29 is 27.8 Å². The summed E-state index contributed by atoms with van der Waals surface area (Å²) >= 11 is 0. The van der Waals surface area contributed by atoms with E-state index in [0.29, 0.717) is 46.8 Å². The number of nitrogens with one attached hydrogen (secondary N) is 1. The first-order valence-corrected chi connectivity index (χ1v) is 14.8. The molecule has 2 aromatic heterocycles. The number of fused-ring (bicyclic) bond motifs is 1. The van der Waals surface area contributed by atoms with Crippen LogP contribution in [0.15, 0.2) is 72.9 Å². The van der Waals surface area contributed by atoms with Crippen LogP contribution in [0.2, 0.25) is 0 Å². The van der Waals surface area contributed by atoms with E-state index >= 15 is 0 Å². The number of hydrogen-bond donors (Lipinski definition) is 2. The van der Waals surface area contributed by atoms with Crippen molar-refractivity contribution in [3.63, 3.8) is 0 Å². The number of rotatable bonds is 7. The standard InChI is InChI=1S/C34H33F3N6O3/c1-21-7-8-23(32(45)38-25-10-9-24(27(19-25)34(35,36)37)20-43-15-13-41(2)14-16-43)18-29(21)46-33-30-28(11-12-42(30)3)39-31(40-33)22-5-4-6-26(44)17-22/h4-12,17-19,44H,13-16,20H2,1-3H3,(H,38,45). The molecule has 3 heterocycles. The summed E-state index contributed by atoms with van der Waals surface area (Å²) in [5.74, 6) is 0.402. The number of nitrogens with zero attached hydrogens (tertiary/aromatic N) is 5. The summed E-state index contributed by atoms with van der Waals surface area (Å²) in [6.45, 7) is 4.96. The van der Waals surface area contributed by atoms with E-state index in [0.717, 1.165) is 19.2 Å². The zero-order valence-electron chi connectivity index (χ0n) is 25.6. The zero-order valence-corrected chi connectivity index (χ0v) is 25.6. The summed E-state index contributed by atoms with van der Waals surface area (Å²) in [7, 11) is 3.82. The van der Waals surface area contributed by atoms with Crippen LogP contribution in [-0.4, -0.2) is 68.6 Å². The molecule has 0 saturated carbocycles. The van der Waals surface area contributed by atoms with Crippen LogP contribution >= 0.6 is 0 Å². The highest BCUT2D eigenvalue weighted by Gasteiger charge is 2.34. The van der Waals surface area contributed by atoms with Gasteiger partial charge in [-0.1, -0.05) is 24.3 Å². The first-order chi connectivity index (χ1) is 21.9. The number of aryl methyl sites for hydroxylation is 2. The Morgan fingerprint density at radius 3 is 2.50 bits per heavy atom. The summed E-state index contributed by atoms with van der Waals surface area (Å²) < 4.78 is 50.4. The predicted octanol–water partition coefficient (Wildman–Crippen LogP) is 6.46. The maximum Gasteiger partial charge on any atom is 0.416 e. The molecule has 0 spiro atoms. The minimum atomic E-state index is -4.58. The molecule has 0 unspecified atom stereocenters. The van der Waals surface area contributed by atoms with Crippen molar-refractivity contribution in [3.05, 3.63) is 95.2 Å². The van der Waals surface area contributed by atoms with Gasteiger partial charge < -0.3 is 24.6 Å². The van der Waals surface area contributed by atoms with Crippen molar-refractivity contribution in [3.8, 4) is 28.8 Å². The molecule has 1 saturated heterocycles. The normalized spacial score (nSPS) is 14.5. The lowest BCUT2D eigenvalue weighted by Gasteiger charge is -2.33. The number of hydrogen-bond acceptors (Lipinski definition) is 7. The number of piperazine rings is 1. The van der Waals surface area contributed by atoms with Crippen LogP contribution in [0, 0.1) is 6.92 Å². The van der Waals surface area contributed by atoms with Gasteiger partial charge in [-0.2, -0.15) is 18.2 Å². The fourth-order valence-corrected chi connectivity index (χ4v) is 5.46. The molecule has 0 radical (unpaired) electrons. The molecule has 0 atom stereocenters. The molecule has 12 heteroatoms. The number of aromatic nitrogens is 3. The minimum absolute atomic E-state index is 0.0413. The van der Waals surface area contributed by atoms with E-state index in [4.69, 9.17) is 4.74 Å². The maximum atomic E-state index is 14.1. The highest BCUT2D eigenvalue weighted by atomic mass is 19.4. The monoisotopic (exact) mass is 630 g/mol. The number of likely N-dealkylation sites (N-methyl/N-ethyl adjacent to an activating group) is 1. The van der Waals surface area contributed by atoms with Gasteiger partial charge in [0.2, 0.25) is 5.88 Å². The Labute approximate surface area is 263 Å². The third-order valence-corrected chi connectivity index (χ3v) is 8.11. The van der Waals surface area contributed by atoms with Gasteiger partial charge in [0.05, 0.1) is 11.1 Å². The van der Waals surface area contributed by atoms with E-state index in [1.807, 2.05) is 42.7 Å². The van der Waals surface area contributed by atoms with Crippen molar-refractivity contribution in [2.45, 2.75) is 19.6 Å². The lowest BCUT2D eigenvalue weighted by Crippen LogP contribution is -2.44. The Morgan fingerprint density at radius 2 is 1.76 bits per heavy atom. The zero-order chi connectivity index (χ0) is 32.6. The number of phenols is 1. The fourth-order valence-electron chi connectivity index (χ4n) is 5.46. The summed E-state index contributed by atoms with van der Waals surface area (Å²) in [6, 6.07) is 17.1. The van der Waals surface area contributed by atoms with E-state index in [9.17, 15) is 23.1 Å². The van der Waals surface area contributed by atoms with Gasteiger partial charge in [-0.05, 0) is 67.6 Å². The number of ether oxygens (including phenoxy) is 1. The van der Waals surface area contributed by atoms with Gasteiger partial charge in [-0.25, -0.2) is 4.98 Å². The second-order valence-electron chi connectivity index (χ2n) is 11.5. The highest BCUT2D eigenvalue weighted by molar-refractivity contribution is 6.04. The van der Waals surface area contributed by atoms with Gasteiger partial charge in [0, 0.05) is 62.8 Å². The molecule has 2 N–H and O–H groups in total. The first kappa shape index (κ1) is 31.1. The maximum absolute atomic E-state index is 14.1. The molecule has 1 aliphatic rings. The number of carbonyl (C=O) groups is 1. The van der Waals surface area contributed by atoms with Crippen molar-refractivity contribution in [1.82, 2.24) is 24.3 Å². The van der Waals surface area contributed by atoms with Gasteiger partial charge in [0.25, 0.3) is 5.91 Å². The smallest absolute Gasteiger partial charge is 0.416 e. The van der Waals surface area contributed by atoms with Crippen molar-refractivity contribution >= 4 is 22.6 Å². The van der Waals surface area contributed by atoms with Gasteiger partial charge >= 0.3 is 6.18 Å². The third-order valence-electron chi connectivity index (χ3n) is 8.11.